The topological polar surface area (TPSA) is 59.1 Å². The zero-order valence-corrected chi connectivity index (χ0v) is 12.1. The van der Waals surface area contributed by atoms with E-state index in [2.05, 4.69) is 4.74 Å². The Kier molecular flexibility index (Phi) is 5.20. The van der Waals surface area contributed by atoms with Crippen LogP contribution in [0, 0.1) is 0 Å². The quantitative estimate of drug-likeness (QED) is 0.588. The number of unbranched alkanes of at least 4 members (excludes halogenated alkanes) is 2. The van der Waals surface area contributed by atoms with Crippen LogP contribution in [-0.4, -0.2) is 29.9 Å². The fourth-order valence-corrected chi connectivity index (χ4v) is 1.92. The molecule has 1 unspecified atom stereocenters. The lowest BCUT2D eigenvalue weighted by molar-refractivity contribution is -0.142. The second kappa shape index (κ2) is 6.91. The van der Waals surface area contributed by atoms with Gasteiger partial charge in [0, 0.05) is 5.02 Å². The first kappa shape index (κ1) is 15.8. The zero-order chi connectivity index (χ0) is 15.3. The van der Waals surface area contributed by atoms with Crippen molar-refractivity contribution in [2.45, 2.75) is 24.9 Å². The highest BCUT2D eigenvalue weighted by atomic mass is 35.5. The highest BCUT2D eigenvalue weighted by molar-refractivity contribution is 6.30. The number of carboxylic acids is 1. The van der Waals surface area contributed by atoms with Crippen molar-refractivity contribution in [2.75, 3.05) is 13.2 Å². The number of rotatable bonds is 8. The minimum Gasteiger partial charge on any atom is -0.494 e. The van der Waals surface area contributed by atoms with E-state index >= 15 is 0 Å². The third-order valence-corrected chi connectivity index (χ3v) is 3.42. The van der Waals surface area contributed by atoms with Gasteiger partial charge >= 0.3 is 5.97 Å². The molecule has 4 nitrogen and oxygen atoms in total. The normalized spacial score (nSPS) is 21.1. The van der Waals surface area contributed by atoms with Gasteiger partial charge in [-0.3, -0.25) is 0 Å². The van der Waals surface area contributed by atoms with Crippen molar-refractivity contribution < 1.29 is 23.8 Å². The van der Waals surface area contributed by atoms with Crippen molar-refractivity contribution in [3.8, 4) is 5.75 Å². The molecule has 6 heteroatoms. The summed E-state index contributed by atoms with van der Waals surface area (Å²) >= 11 is 5.76. The molecule has 2 rings (SSSR count). The summed E-state index contributed by atoms with van der Waals surface area (Å²) in [5.41, 5.74) is -1.71. The average Bonchev–Trinajstić information content (AvgIpc) is 3.26. The van der Waals surface area contributed by atoms with Crippen LogP contribution in [0.2, 0.25) is 5.02 Å². The molecule has 1 aliphatic heterocycles. The minimum absolute atomic E-state index is 0.0929. The predicted molar refractivity (Wildman–Crippen MR) is 76.3 cm³/mol. The summed E-state index contributed by atoms with van der Waals surface area (Å²) in [4.78, 5) is 10.8. The van der Waals surface area contributed by atoms with Crippen molar-refractivity contribution in [3.05, 3.63) is 41.2 Å². The SMILES string of the molecule is O=C(O)C1(C(F)=CCCCCOc2ccc(Cl)cc2)CO1. The number of hydrogen-bond donors (Lipinski definition) is 1. The highest BCUT2D eigenvalue weighted by Gasteiger charge is 2.57. The van der Waals surface area contributed by atoms with Crippen LogP contribution >= 0.6 is 11.6 Å². The van der Waals surface area contributed by atoms with Gasteiger partial charge in [-0.2, -0.15) is 0 Å². The predicted octanol–water partition coefficient (Wildman–Crippen LogP) is 3.60. The Labute approximate surface area is 127 Å². The molecule has 1 saturated heterocycles. The molecule has 114 valence electrons. The van der Waals surface area contributed by atoms with Crippen molar-refractivity contribution >= 4 is 17.6 Å². The maximum absolute atomic E-state index is 13.6. The molecule has 1 aliphatic rings. The lowest BCUT2D eigenvalue weighted by atomic mass is 10.1. The van der Waals surface area contributed by atoms with Crippen LogP contribution in [0.4, 0.5) is 4.39 Å². The van der Waals surface area contributed by atoms with E-state index in [-0.39, 0.29) is 6.61 Å². The van der Waals surface area contributed by atoms with Crippen LogP contribution in [0.5, 0.6) is 5.75 Å². The smallest absolute Gasteiger partial charge is 0.345 e. The Morgan fingerprint density at radius 3 is 2.67 bits per heavy atom. The number of carbonyl (C=O) groups is 1. The number of benzene rings is 1. The van der Waals surface area contributed by atoms with Gasteiger partial charge in [-0.25, -0.2) is 9.18 Å². The summed E-state index contributed by atoms with van der Waals surface area (Å²) in [6.07, 6.45) is 3.18. The Balaban J connectivity index is 1.64. The summed E-state index contributed by atoms with van der Waals surface area (Å²) in [6.45, 7) is 0.419. The Morgan fingerprint density at radius 1 is 1.43 bits per heavy atom. The van der Waals surface area contributed by atoms with E-state index in [0.29, 0.717) is 24.5 Å². The first-order valence-electron chi connectivity index (χ1n) is 6.66. The number of carboxylic acid groups (broad SMARTS) is 1. The molecule has 1 fully saturated rings. The molecule has 1 N–H and O–H groups in total. The lowest BCUT2D eigenvalue weighted by Crippen LogP contribution is -2.24. The number of hydrogen-bond acceptors (Lipinski definition) is 3. The maximum atomic E-state index is 13.6. The monoisotopic (exact) mass is 314 g/mol. The van der Waals surface area contributed by atoms with Gasteiger partial charge in [-0.15, -0.1) is 0 Å². The average molecular weight is 315 g/mol. The molecule has 0 aromatic heterocycles. The van der Waals surface area contributed by atoms with Crippen molar-refractivity contribution in [2.24, 2.45) is 0 Å². The van der Waals surface area contributed by atoms with Crippen LogP contribution in [-0.2, 0) is 9.53 Å². The van der Waals surface area contributed by atoms with E-state index in [1.807, 2.05) is 0 Å². The van der Waals surface area contributed by atoms with E-state index in [4.69, 9.17) is 21.4 Å². The Morgan fingerprint density at radius 2 is 2.10 bits per heavy atom. The molecule has 0 saturated carbocycles. The summed E-state index contributed by atoms with van der Waals surface area (Å²) in [7, 11) is 0. The highest BCUT2D eigenvalue weighted by Crippen LogP contribution is 2.36. The maximum Gasteiger partial charge on any atom is 0.345 e. The van der Waals surface area contributed by atoms with E-state index in [1.165, 1.54) is 6.08 Å². The molecule has 0 aliphatic carbocycles. The number of epoxide rings is 1. The van der Waals surface area contributed by atoms with Gasteiger partial charge in [-0.1, -0.05) is 11.6 Å². The summed E-state index contributed by atoms with van der Waals surface area (Å²) in [5.74, 6) is -1.26. The third-order valence-electron chi connectivity index (χ3n) is 3.17. The van der Waals surface area contributed by atoms with Gasteiger partial charge in [-0.05, 0) is 49.6 Å². The number of allylic oxidation sites excluding steroid dienone is 1. The summed E-state index contributed by atoms with van der Waals surface area (Å²) in [5, 5.41) is 9.48. The molecule has 1 aromatic carbocycles. The first-order chi connectivity index (χ1) is 10.0. The minimum atomic E-state index is -1.71. The van der Waals surface area contributed by atoms with E-state index in [1.54, 1.807) is 24.3 Å². The van der Waals surface area contributed by atoms with Crippen LogP contribution in [0.15, 0.2) is 36.2 Å². The van der Waals surface area contributed by atoms with Crippen LogP contribution in [0.3, 0.4) is 0 Å². The van der Waals surface area contributed by atoms with Gasteiger partial charge in [0.1, 0.15) is 11.6 Å². The third kappa shape index (κ3) is 4.19. The fraction of sp³-hybridized carbons (Fsp3) is 0.400. The second-order valence-corrected chi connectivity index (χ2v) is 5.21. The molecule has 0 radical (unpaired) electrons. The van der Waals surface area contributed by atoms with Crippen LogP contribution < -0.4 is 4.74 Å². The molecule has 21 heavy (non-hydrogen) atoms. The number of halogens is 2. The van der Waals surface area contributed by atoms with E-state index < -0.39 is 17.4 Å². The van der Waals surface area contributed by atoms with Crippen LogP contribution in [0.25, 0.3) is 0 Å². The molecule has 1 atom stereocenters. The molecular formula is C15H16ClFO4. The molecular weight excluding hydrogens is 299 g/mol. The second-order valence-electron chi connectivity index (χ2n) is 4.77. The fourth-order valence-electron chi connectivity index (χ4n) is 1.80. The van der Waals surface area contributed by atoms with Gasteiger partial charge in [0.05, 0.1) is 13.2 Å². The first-order valence-corrected chi connectivity index (χ1v) is 7.04. The van der Waals surface area contributed by atoms with Gasteiger partial charge in [0.25, 0.3) is 0 Å². The van der Waals surface area contributed by atoms with Crippen molar-refractivity contribution in [1.29, 1.82) is 0 Å². The molecule has 1 heterocycles. The number of aliphatic carboxylic acids is 1. The molecule has 1 aromatic rings. The standard InChI is InChI=1S/C15H16ClFO4/c16-11-5-7-12(8-6-11)20-9-3-1-2-4-13(17)15(10-21-15)14(18)19/h4-8H,1-3,9-10H2,(H,18,19). The summed E-state index contributed by atoms with van der Waals surface area (Å²) in [6, 6.07) is 7.05. The van der Waals surface area contributed by atoms with Gasteiger partial charge in [0.15, 0.2) is 0 Å². The summed E-state index contributed by atoms with van der Waals surface area (Å²) < 4.78 is 23.8. The molecule has 0 spiro atoms. The van der Waals surface area contributed by atoms with E-state index in [0.717, 1.165) is 12.2 Å². The zero-order valence-electron chi connectivity index (χ0n) is 11.4. The lowest BCUT2D eigenvalue weighted by Gasteiger charge is -2.06. The van der Waals surface area contributed by atoms with E-state index in [9.17, 15) is 9.18 Å². The van der Waals surface area contributed by atoms with Gasteiger partial charge < -0.3 is 14.6 Å². The molecule has 0 bridgehead atoms. The van der Waals surface area contributed by atoms with Crippen LogP contribution in [0.1, 0.15) is 19.3 Å². The van der Waals surface area contributed by atoms with Crippen molar-refractivity contribution in [1.82, 2.24) is 0 Å². The molecule has 0 amide bonds. The van der Waals surface area contributed by atoms with Gasteiger partial charge in [0.2, 0.25) is 5.60 Å². The Hall–Kier alpha value is -1.59. The Bertz CT molecular complexity index is 523. The number of ether oxygens (including phenoxy) is 2. The largest absolute Gasteiger partial charge is 0.494 e. The van der Waals surface area contributed by atoms with Crippen molar-refractivity contribution in [3.63, 3.8) is 0 Å².